The van der Waals surface area contributed by atoms with Crippen LogP contribution in [0.2, 0.25) is 0 Å². The molecule has 0 saturated carbocycles. The van der Waals surface area contributed by atoms with Crippen LogP contribution < -0.4 is 0 Å². The summed E-state index contributed by atoms with van der Waals surface area (Å²) < 4.78 is 0. The molecule has 0 fully saturated rings. The van der Waals surface area contributed by atoms with Crippen molar-refractivity contribution in [2.75, 3.05) is 13.2 Å². The zero-order valence-electron chi connectivity index (χ0n) is 8.84. The van der Waals surface area contributed by atoms with E-state index in [1.807, 2.05) is 0 Å². The first-order valence-corrected chi connectivity index (χ1v) is 5.56. The van der Waals surface area contributed by atoms with Crippen LogP contribution in [0.25, 0.3) is 0 Å². The lowest BCUT2D eigenvalue weighted by Crippen LogP contribution is -2.07. The molecule has 0 aromatic carbocycles. The van der Waals surface area contributed by atoms with Crippen LogP contribution in [0.5, 0.6) is 0 Å². The van der Waals surface area contributed by atoms with E-state index in [4.69, 9.17) is 10.2 Å². The van der Waals surface area contributed by atoms with Crippen molar-refractivity contribution in [1.82, 2.24) is 0 Å². The lowest BCUT2D eigenvalue weighted by Gasteiger charge is -2.11. The molecule has 0 aromatic heterocycles. The van der Waals surface area contributed by atoms with Crippen molar-refractivity contribution in [3.8, 4) is 0 Å². The molecule has 80 valence electrons. The van der Waals surface area contributed by atoms with Crippen LogP contribution in [-0.4, -0.2) is 23.4 Å². The molecule has 2 nitrogen and oxygen atoms in total. The van der Waals surface area contributed by atoms with E-state index in [9.17, 15) is 0 Å². The molecule has 1 atom stereocenters. The fourth-order valence-corrected chi connectivity index (χ4v) is 1.55. The van der Waals surface area contributed by atoms with Gasteiger partial charge in [-0.05, 0) is 18.8 Å². The Morgan fingerprint density at radius 3 is 2.15 bits per heavy atom. The molecular formula is C11H24O2. The molecule has 0 aromatic rings. The van der Waals surface area contributed by atoms with Crippen molar-refractivity contribution in [2.45, 2.75) is 51.9 Å². The van der Waals surface area contributed by atoms with E-state index in [-0.39, 0.29) is 13.2 Å². The highest BCUT2D eigenvalue weighted by molar-refractivity contribution is 4.57. The first-order chi connectivity index (χ1) is 6.35. The van der Waals surface area contributed by atoms with E-state index in [0.29, 0.717) is 5.92 Å². The number of hydrogen-bond donors (Lipinski definition) is 2. The Morgan fingerprint density at radius 2 is 1.62 bits per heavy atom. The van der Waals surface area contributed by atoms with Gasteiger partial charge in [-0.3, -0.25) is 0 Å². The third-order valence-electron chi connectivity index (χ3n) is 2.51. The second kappa shape index (κ2) is 10.0. The van der Waals surface area contributed by atoms with Crippen molar-refractivity contribution in [3.63, 3.8) is 0 Å². The summed E-state index contributed by atoms with van der Waals surface area (Å²) in [6.07, 6.45) is 8.21. The van der Waals surface area contributed by atoms with Crippen LogP contribution in [0, 0.1) is 5.92 Å². The monoisotopic (exact) mass is 188 g/mol. The molecule has 0 aliphatic heterocycles. The van der Waals surface area contributed by atoms with E-state index in [0.717, 1.165) is 12.8 Å². The molecule has 0 aliphatic rings. The molecule has 2 N–H and O–H groups in total. The Labute approximate surface area is 82.0 Å². The zero-order chi connectivity index (χ0) is 9.94. The molecule has 0 spiro atoms. The minimum absolute atomic E-state index is 0.209. The fourth-order valence-electron chi connectivity index (χ4n) is 1.55. The molecule has 0 bridgehead atoms. The highest BCUT2D eigenvalue weighted by Gasteiger charge is 2.05. The van der Waals surface area contributed by atoms with Crippen LogP contribution in [0.15, 0.2) is 0 Å². The van der Waals surface area contributed by atoms with Crippen molar-refractivity contribution in [3.05, 3.63) is 0 Å². The Bertz CT molecular complexity index is 94.1. The van der Waals surface area contributed by atoms with Gasteiger partial charge >= 0.3 is 0 Å². The summed E-state index contributed by atoms with van der Waals surface area (Å²) in [6, 6.07) is 0. The lowest BCUT2D eigenvalue weighted by molar-refractivity contribution is 0.174. The van der Waals surface area contributed by atoms with E-state index in [2.05, 4.69) is 6.92 Å². The number of unbranched alkanes of at least 4 members (excludes halogenated alkanes) is 4. The third-order valence-corrected chi connectivity index (χ3v) is 2.51. The summed E-state index contributed by atoms with van der Waals surface area (Å²) in [6.45, 7) is 2.65. The Hall–Kier alpha value is -0.0800. The number of aliphatic hydroxyl groups excluding tert-OH is 2. The first kappa shape index (κ1) is 12.9. The van der Waals surface area contributed by atoms with Crippen molar-refractivity contribution in [1.29, 1.82) is 0 Å². The van der Waals surface area contributed by atoms with Crippen molar-refractivity contribution >= 4 is 0 Å². The molecule has 0 aliphatic carbocycles. The minimum atomic E-state index is 0.209. The van der Waals surface area contributed by atoms with Gasteiger partial charge in [-0.2, -0.15) is 0 Å². The first-order valence-electron chi connectivity index (χ1n) is 5.56. The molecular weight excluding hydrogens is 164 g/mol. The minimum Gasteiger partial charge on any atom is -0.396 e. The predicted octanol–water partition coefficient (Wildman–Crippen LogP) is 2.34. The van der Waals surface area contributed by atoms with Gasteiger partial charge in [0.25, 0.3) is 0 Å². The summed E-state index contributed by atoms with van der Waals surface area (Å²) in [5.74, 6) is 0.326. The number of aliphatic hydroxyl groups is 2. The molecule has 2 heteroatoms. The standard InChI is InChI=1S/C11H24O2/c1-2-3-4-5-6-7-11(10-13)8-9-12/h11-13H,2-10H2,1H3/t11-/m0/s1. The van der Waals surface area contributed by atoms with Crippen LogP contribution >= 0.6 is 0 Å². The number of rotatable bonds is 9. The smallest absolute Gasteiger partial charge is 0.0460 e. The SMILES string of the molecule is CCCCCCC[C@H](CO)CCO. The number of hydrogen-bond acceptors (Lipinski definition) is 2. The van der Waals surface area contributed by atoms with Gasteiger partial charge in [0.1, 0.15) is 0 Å². The largest absolute Gasteiger partial charge is 0.396 e. The highest BCUT2D eigenvalue weighted by atomic mass is 16.3. The summed E-state index contributed by atoms with van der Waals surface area (Å²) in [5.41, 5.74) is 0. The van der Waals surface area contributed by atoms with Crippen LogP contribution in [0.1, 0.15) is 51.9 Å². The Morgan fingerprint density at radius 1 is 0.923 bits per heavy atom. The highest BCUT2D eigenvalue weighted by Crippen LogP contribution is 2.13. The Balaban J connectivity index is 3.17. The molecule has 0 saturated heterocycles. The van der Waals surface area contributed by atoms with Crippen molar-refractivity contribution in [2.24, 2.45) is 5.92 Å². The third kappa shape index (κ3) is 8.26. The van der Waals surface area contributed by atoms with Crippen molar-refractivity contribution < 1.29 is 10.2 Å². The average Bonchev–Trinajstić information content (AvgIpc) is 2.16. The topological polar surface area (TPSA) is 40.5 Å². The normalized spacial score (nSPS) is 13.2. The van der Waals surface area contributed by atoms with Gasteiger partial charge < -0.3 is 10.2 Å². The maximum atomic E-state index is 8.95. The predicted molar refractivity (Wildman–Crippen MR) is 55.7 cm³/mol. The van der Waals surface area contributed by atoms with Gasteiger partial charge in [0.05, 0.1) is 0 Å². The fraction of sp³-hybridized carbons (Fsp3) is 1.00. The van der Waals surface area contributed by atoms with Crippen LogP contribution in [0.4, 0.5) is 0 Å². The van der Waals surface area contributed by atoms with E-state index in [1.165, 1.54) is 32.1 Å². The molecule has 0 rings (SSSR count). The van der Waals surface area contributed by atoms with Gasteiger partial charge in [-0.25, -0.2) is 0 Å². The quantitative estimate of drug-likeness (QED) is 0.545. The maximum Gasteiger partial charge on any atom is 0.0460 e. The summed E-state index contributed by atoms with van der Waals surface area (Å²) in [4.78, 5) is 0. The molecule has 0 radical (unpaired) electrons. The van der Waals surface area contributed by atoms with E-state index in [1.54, 1.807) is 0 Å². The van der Waals surface area contributed by atoms with Gasteiger partial charge in [0, 0.05) is 13.2 Å². The second-order valence-electron chi connectivity index (χ2n) is 3.76. The van der Waals surface area contributed by atoms with Crippen LogP contribution in [0.3, 0.4) is 0 Å². The summed E-state index contributed by atoms with van der Waals surface area (Å²) in [5, 5.41) is 17.6. The molecule has 0 amide bonds. The van der Waals surface area contributed by atoms with E-state index < -0.39 is 0 Å². The molecule has 0 heterocycles. The van der Waals surface area contributed by atoms with Gasteiger partial charge in [-0.15, -0.1) is 0 Å². The molecule has 0 unspecified atom stereocenters. The van der Waals surface area contributed by atoms with Gasteiger partial charge in [-0.1, -0.05) is 39.0 Å². The summed E-state index contributed by atoms with van der Waals surface area (Å²) >= 11 is 0. The second-order valence-corrected chi connectivity index (χ2v) is 3.76. The van der Waals surface area contributed by atoms with E-state index >= 15 is 0 Å². The zero-order valence-corrected chi connectivity index (χ0v) is 8.84. The summed E-state index contributed by atoms with van der Waals surface area (Å²) in [7, 11) is 0. The van der Waals surface area contributed by atoms with Gasteiger partial charge in [0.15, 0.2) is 0 Å². The molecule has 13 heavy (non-hydrogen) atoms. The Kier molecular flexibility index (Phi) is 9.94. The lowest BCUT2D eigenvalue weighted by atomic mass is 9.98. The van der Waals surface area contributed by atoms with Crippen LogP contribution in [-0.2, 0) is 0 Å². The van der Waals surface area contributed by atoms with Gasteiger partial charge in [0.2, 0.25) is 0 Å². The maximum absolute atomic E-state index is 8.95. The average molecular weight is 188 g/mol.